The van der Waals surface area contributed by atoms with E-state index in [9.17, 15) is 35.9 Å². The number of hydrogen-bond acceptors (Lipinski definition) is 2. The topological polar surface area (TPSA) is 34.1 Å². The van der Waals surface area contributed by atoms with E-state index in [0.717, 1.165) is 24.3 Å². The molecule has 8 heteroatoms. The maximum absolute atomic E-state index is 13.4. The van der Waals surface area contributed by atoms with Gasteiger partial charge in [0.15, 0.2) is 11.6 Å². The van der Waals surface area contributed by atoms with E-state index >= 15 is 0 Å². The fourth-order valence-electron chi connectivity index (χ4n) is 5.38. The van der Waals surface area contributed by atoms with Crippen molar-refractivity contribution in [2.24, 2.45) is 0 Å². The van der Waals surface area contributed by atoms with E-state index in [4.69, 9.17) is 0 Å². The van der Waals surface area contributed by atoms with Gasteiger partial charge in [0.1, 0.15) is 0 Å². The van der Waals surface area contributed by atoms with E-state index in [1.807, 2.05) is 0 Å². The number of carbonyl (C=O) groups excluding carboxylic acids is 2. The molecule has 0 saturated heterocycles. The highest BCUT2D eigenvalue weighted by atomic mass is 19.4. The lowest BCUT2D eigenvalue weighted by Crippen LogP contribution is -2.04. The van der Waals surface area contributed by atoms with Crippen molar-refractivity contribution < 1.29 is 35.9 Å². The Kier molecular flexibility index (Phi) is 6.60. The average Bonchev–Trinajstić information content (AvgIpc) is 3.26. The number of fused-ring (bicyclic) bond motifs is 3. The van der Waals surface area contributed by atoms with Crippen molar-refractivity contribution in [2.45, 2.75) is 19.3 Å². The van der Waals surface area contributed by atoms with Crippen LogP contribution in [0.1, 0.15) is 44.3 Å². The Bertz CT molecular complexity index is 1900. The van der Waals surface area contributed by atoms with Gasteiger partial charge in [-0.1, -0.05) is 60.7 Å². The van der Waals surface area contributed by atoms with E-state index < -0.39 is 23.5 Å². The van der Waals surface area contributed by atoms with Gasteiger partial charge in [0.05, 0.1) is 11.1 Å². The molecule has 0 unspecified atom stereocenters. The number of ketones is 2. The standard InChI is InChI=1S/C35H20F6O2/c1-19(42)28-17-32-30(18-29(28)23-4-2-20(3-5-23)21-6-11-25(12-7-21)34(36,37)38)27-15-10-24(16-31(27)33(32)43)22-8-13-26(14-9-22)35(39,40)41/h2-18H,1H3. The lowest BCUT2D eigenvalue weighted by molar-refractivity contribution is -0.138. The van der Waals surface area contributed by atoms with E-state index in [0.29, 0.717) is 61.2 Å². The molecular formula is C35H20F6O2. The minimum atomic E-state index is -4.46. The van der Waals surface area contributed by atoms with E-state index in [-0.39, 0.29) is 11.6 Å². The number of hydrogen-bond donors (Lipinski definition) is 0. The van der Waals surface area contributed by atoms with Crippen molar-refractivity contribution in [3.63, 3.8) is 0 Å². The van der Waals surface area contributed by atoms with Crippen LogP contribution in [0.25, 0.3) is 44.5 Å². The third-order valence-electron chi connectivity index (χ3n) is 7.62. The van der Waals surface area contributed by atoms with Crippen LogP contribution in [0.5, 0.6) is 0 Å². The molecule has 2 nitrogen and oxygen atoms in total. The molecule has 0 heterocycles. The first-order chi connectivity index (χ1) is 20.3. The number of rotatable bonds is 4. The fraction of sp³-hybridized carbons (Fsp3) is 0.0857. The molecule has 1 aliphatic rings. The first-order valence-corrected chi connectivity index (χ1v) is 13.1. The van der Waals surface area contributed by atoms with Gasteiger partial charge in [0.25, 0.3) is 0 Å². The van der Waals surface area contributed by atoms with Crippen molar-refractivity contribution in [1.29, 1.82) is 0 Å². The van der Waals surface area contributed by atoms with Gasteiger partial charge in [0, 0.05) is 16.7 Å². The lowest BCUT2D eigenvalue weighted by atomic mass is 9.91. The van der Waals surface area contributed by atoms with Crippen molar-refractivity contribution in [1.82, 2.24) is 0 Å². The summed E-state index contributed by atoms with van der Waals surface area (Å²) in [6.07, 6.45) is -8.88. The summed E-state index contributed by atoms with van der Waals surface area (Å²) in [5.74, 6) is -0.538. The molecule has 0 bridgehead atoms. The summed E-state index contributed by atoms with van der Waals surface area (Å²) in [4.78, 5) is 26.1. The van der Waals surface area contributed by atoms with Crippen molar-refractivity contribution >= 4 is 11.6 Å². The Balaban J connectivity index is 1.36. The van der Waals surface area contributed by atoms with Gasteiger partial charge in [-0.25, -0.2) is 0 Å². The maximum Gasteiger partial charge on any atom is 0.416 e. The van der Waals surface area contributed by atoms with Crippen LogP contribution < -0.4 is 0 Å². The molecular weight excluding hydrogens is 566 g/mol. The van der Waals surface area contributed by atoms with Crippen molar-refractivity contribution in [3.05, 3.63) is 131 Å². The normalized spacial score (nSPS) is 12.7. The van der Waals surface area contributed by atoms with Gasteiger partial charge < -0.3 is 0 Å². The van der Waals surface area contributed by atoms with E-state index in [1.165, 1.54) is 31.2 Å². The Hall–Kier alpha value is -4.98. The molecule has 0 spiro atoms. The molecule has 1 aliphatic carbocycles. The smallest absolute Gasteiger partial charge is 0.294 e. The third-order valence-corrected chi connectivity index (χ3v) is 7.62. The second-order valence-corrected chi connectivity index (χ2v) is 10.3. The SMILES string of the molecule is CC(=O)c1cc2c(cc1-c1ccc(-c3ccc(C(F)(F)F)cc3)cc1)-c1ccc(-c3ccc(C(F)(F)F)cc3)cc1C2=O. The quantitative estimate of drug-likeness (QED) is 0.152. The Labute approximate surface area is 242 Å². The molecule has 0 atom stereocenters. The highest BCUT2D eigenvalue weighted by Crippen LogP contribution is 2.43. The molecule has 0 radical (unpaired) electrons. The van der Waals surface area contributed by atoms with Gasteiger partial charge in [-0.15, -0.1) is 0 Å². The van der Waals surface area contributed by atoms with Crippen LogP contribution in [0.15, 0.2) is 103 Å². The predicted molar refractivity (Wildman–Crippen MR) is 152 cm³/mol. The number of carbonyl (C=O) groups is 2. The summed E-state index contributed by atoms with van der Waals surface area (Å²) in [7, 11) is 0. The minimum absolute atomic E-state index is 0.251. The third kappa shape index (κ3) is 5.14. The summed E-state index contributed by atoms with van der Waals surface area (Å²) in [6, 6.07) is 25.1. The van der Waals surface area contributed by atoms with Gasteiger partial charge in [-0.3, -0.25) is 9.59 Å². The zero-order valence-electron chi connectivity index (χ0n) is 22.4. The molecule has 5 aromatic rings. The summed E-state index contributed by atoms with van der Waals surface area (Å²) in [5, 5.41) is 0. The average molecular weight is 587 g/mol. The number of alkyl halides is 6. The Morgan fingerprint density at radius 1 is 0.465 bits per heavy atom. The van der Waals surface area contributed by atoms with Gasteiger partial charge in [-0.2, -0.15) is 26.3 Å². The number of halogens is 6. The first-order valence-electron chi connectivity index (χ1n) is 13.1. The van der Waals surface area contributed by atoms with Crippen LogP contribution in [0.4, 0.5) is 26.3 Å². The maximum atomic E-state index is 13.4. The van der Waals surface area contributed by atoms with Crippen molar-refractivity contribution in [2.75, 3.05) is 0 Å². The van der Waals surface area contributed by atoms with Gasteiger partial charge >= 0.3 is 12.4 Å². The van der Waals surface area contributed by atoms with E-state index in [1.54, 1.807) is 54.6 Å². The van der Waals surface area contributed by atoms with Gasteiger partial charge in [-0.05, 0) is 93.9 Å². The zero-order chi connectivity index (χ0) is 30.7. The zero-order valence-corrected chi connectivity index (χ0v) is 22.4. The fourth-order valence-corrected chi connectivity index (χ4v) is 5.38. The van der Waals surface area contributed by atoms with Crippen LogP contribution >= 0.6 is 0 Å². The monoisotopic (exact) mass is 586 g/mol. The summed E-state index contributed by atoms with van der Waals surface area (Å²) in [5.41, 5.74) is 4.54. The van der Waals surface area contributed by atoms with E-state index in [2.05, 4.69) is 0 Å². The molecule has 6 rings (SSSR count). The Morgan fingerprint density at radius 2 is 0.884 bits per heavy atom. The number of benzene rings is 5. The second-order valence-electron chi connectivity index (χ2n) is 10.3. The largest absolute Gasteiger partial charge is 0.416 e. The number of Topliss-reactive ketones (excluding diaryl/α,β-unsaturated/α-hetero) is 1. The minimum Gasteiger partial charge on any atom is -0.294 e. The second kappa shape index (κ2) is 10.1. The molecule has 0 saturated carbocycles. The first kappa shape index (κ1) is 28.2. The molecule has 0 amide bonds. The molecule has 43 heavy (non-hydrogen) atoms. The molecule has 214 valence electrons. The molecule has 0 aliphatic heterocycles. The summed E-state index contributed by atoms with van der Waals surface area (Å²) >= 11 is 0. The highest BCUT2D eigenvalue weighted by molar-refractivity contribution is 6.23. The summed E-state index contributed by atoms with van der Waals surface area (Å²) in [6.45, 7) is 1.40. The van der Waals surface area contributed by atoms with Crippen LogP contribution in [0, 0.1) is 0 Å². The summed E-state index contributed by atoms with van der Waals surface area (Å²) < 4.78 is 77.8. The van der Waals surface area contributed by atoms with Crippen LogP contribution in [0.2, 0.25) is 0 Å². The van der Waals surface area contributed by atoms with Crippen LogP contribution in [-0.2, 0) is 12.4 Å². The lowest BCUT2D eigenvalue weighted by Gasteiger charge is -2.12. The van der Waals surface area contributed by atoms with Crippen LogP contribution in [0.3, 0.4) is 0 Å². The van der Waals surface area contributed by atoms with Gasteiger partial charge in [0.2, 0.25) is 0 Å². The van der Waals surface area contributed by atoms with Crippen LogP contribution in [-0.4, -0.2) is 11.6 Å². The Morgan fingerprint density at radius 3 is 1.37 bits per heavy atom. The molecule has 0 aromatic heterocycles. The van der Waals surface area contributed by atoms with Crippen molar-refractivity contribution in [3.8, 4) is 44.5 Å². The molecule has 0 N–H and O–H groups in total. The molecule has 0 fully saturated rings. The predicted octanol–water partition coefficient (Wildman–Crippen LogP) is 10.1. The highest BCUT2D eigenvalue weighted by Gasteiger charge is 2.32. The molecule has 5 aromatic carbocycles.